The number of rotatable bonds is 4. The van der Waals surface area contributed by atoms with Gasteiger partial charge in [0.2, 0.25) is 0 Å². The van der Waals surface area contributed by atoms with Gasteiger partial charge in [-0.05, 0) is 31.5 Å². The van der Waals surface area contributed by atoms with Gasteiger partial charge in [0.15, 0.2) is 5.65 Å². The zero-order valence-electron chi connectivity index (χ0n) is 16.4. The van der Waals surface area contributed by atoms with Gasteiger partial charge in [0.25, 0.3) is 0 Å². The summed E-state index contributed by atoms with van der Waals surface area (Å²) in [4.78, 5) is 17.8. The van der Waals surface area contributed by atoms with Gasteiger partial charge in [-0.25, -0.2) is 14.5 Å². The summed E-state index contributed by atoms with van der Waals surface area (Å²) in [5.41, 5.74) is 5.27. The zero-order valence-corrected chi connectivity index (χ0v) is 18.0. The first-order chi connectivity index (χ1) is 14.0. The lowest BCUT2D eigenvalue weighted by Crippen LogP contribution is -2.11. The van der Waals surface area contributed by atoms with Gasteiger partial charge < -0.3 is 4.74 Å². The van der Waals surface area contributed by atoms with Crippen molar-refractivity contribution in [2.24, 2.45) is 7.05 Å². The van der Waals surface area contributed by atoms with Crippen LogP contribution in [0.25, 0.3) is 33.5 Å². The molecule has 4 rings (SSSR count). The van der Waals surface area contributed by atoms with Gasteiger partial charge >= 0.3 is 5.97 Å². The Hall–Kier alpha value is -2.99. The summed E-state index contributed by atoms with van der Waals surface area (Å²) >= 11 is 3.47. The Kier molecular flexibility index (Phi) is 5.20. The van der Waals surface area contributed by atoms with Crippen LogP contribution in [0.5, 0.6) is 0 Å². The summed E-state index contributed by atoms with van der Waals surface area (Å²) in [5.74, 6) is -0.371. The van der Waals surface area contributed by atoms with Crippen molar-refractivity contribution >= 4 is 32.9 Å². The fourth-order valence-electron chi connectivity index (χ4n) is 3.52. The van der Waals surface area contributed by atoms with Crippen molar-refractivity contribution in [3.05, 3.63) is 70.2 Å². The second kappa shape index (κ2) is 7.79. The van der Waals surface area contributed by atoms with Crippen LogP contribution in [-0.4, -0.2) is 27.3 Å². The third-order valence-electron chi connectivity index (χ3n) is 4.87. The molecule has 0 saturated heterocycles. The van der Waals surface area contributed by atoms with Crippen LogP contribution in [0, 0.1) is 6.92 Å². The van der Waals surface area contributed by atoms with Crippen LogP contribution in [0.2, 0.25) is 0 Å². The molecule has 0 unspecified atom stereocenters. The van der Waals surface area contributed by atoms with Crippen LogP contribution in [0.4, 0.5) is 0 Å². The van der Waals surface area contributed by atoms with E-state index in [0.717, 1.165) is 37.9 Å². The summed E-state index contributed by atoms with van der Waals surface area (Å²) in [6.07, 6.45) is 0. The van der Waals surface area contributed by atoms with Gasteiger partial charge in [0.05, 0.1) is 23.3 Å². The predicted octanol–water partition coefficient (Wildman–Crippen LogP) is 5.55. The quantitative estimate of drug-likeness (QED) is 0.383. The lowest BCUT2D eigenvalue weighted by atomic mass is 9.97. The van der Waals surface area contributed by atoms with Crippen LogP contribution in [0.15, 0.2) is 59.1 Å². The smallest absolute Gasteiger partial charge is 0.340 e. The number of aromatic nitrogens is 3. The maximum absolute atomic E-state index is 12.9. The fraction of sp³-hybridized carbons (Fsp3) is 0.174. The molecule has 0 fully saturated rings. The summed E-state index contributed by atoms with van der Waals surface area (Å²) in [7, 11) is 1.87. The topological polar surface area (TPSA) is 57.0 Å². The molecule has 146 valence electrons. The number of hydrogen-bond acceptors (Lipinski definition) is 4. The molecule has 0 spiro atoms. The fourth-order valence-corrected chi connectivity index (χ4v) is 3.79. The Labute approximate surface area is 177 Å². The van der Waals surface area contributed by atoms with Crippen LogP contribution in [-0.2, 0) is 11.8 Å². The average molecular weight is 450 g/mol. The number of pyridine rings is 1. The summed E-state index contributed by atoms with van der Waals surface area (Å²) in [6.45, 7) is 4.04. The normalized spacial score (nSPS) is 11.0. The molecule has 2 aromatic carbocycles. The SMILES string of the molecule is CCOC(=O)c1c(-c2ccccc2)nc2c(c(-c3ccc(Br)cc3)nn2C)c1C. The second-order valence-electron chi connectivity index (χ2n) is 6.72. The van der Waals surface area contributed by atoms with E-state index in [1.165, 1.54) is 0 Å². The molecule has 0 bridgehead atoms. The van der Waals surface area contributed by atoms with Crippen molar-refractivity contribution in [1.29, 1.82) is 0 Å². The molecule has 0 saturated carbocycles. The molecule has 2 aromatic heterocycles. The number of ether oxygens (including phenoxy) is 1. The summed E-state index contributed by atoms with van der Waals surface area (Å²) in [6, 6.07) is 17.6. The van der Waals surface area contributed by atoms with Crippen molar-refractivity contribution in [1.82, 2.24) is 14.8 Å². The monoisotopic (exact) mass is 449 g/mol. The Morgan fingerprint density at radius 1 is 1.03 bits per heavy atom. The number of carbonyl (C=O) groups is 1. The standard InChI is InChI=1S/C23H20BrN3O2/c1-4-29-23(28)19-14(2)18-21(16-10-12-17(24)13-11-16)26-27(3)22(18)25-20(19)15-8-6-5-7-9-15/h5-13H,4H2,1-3H3. The van der Waals surface area contributed by atoms with Crippen molar-refractivity contribution in [3.8, 4) is 22.5 Å². The lowest BCUT2D eigenvalue weighted by Gasteiger charge is -2.13. The predicted molar refractivity (Wildman–Crippen MR) is 118 cm³/mol. The Morgan fingerprint density at radius 3 is 2.34 bits per heavy atom. The number of esters is 1. The van der Waals surface area contributed by atoms with Gasteiger partial charge in [0.1, 0.15) is 5.69 Å². The third-order valence-corrected chi connectivity index (χ3v) is 5.39. The zero-order chi connectivity index (χ0) is 20.5. The van der Waals surface area contributed by atoms with Crippen molar-refractivity contribution in [2.45, 2.75) is 13.8 Å². The van der Waals surface area contributed by atoms with E-state index in [4.69, 9.17) is 14.8 Å². The van der Waals surface area contributed by atoms with Crippen LogP contribution in [0.3, 0.4) is 0 Å². The Balaban J connectivity index is 2.05. The van der Waals surface area contributed by atoms with Gasteiger partial charge in [-0.15, -0.1) is 0 Å². The highest BCUT2D eigenvalue weighted by molar-refractivity contribution is 9.10. The maximum atomic E-state index is 12.9. The molecule has 29 heavy (non-hydrogen) atoms. The number of nitrogens with zero attached hydrogens (tertiary/aromatic N) is 3. The number of hydrogen-bond donors (Lipinski definition) is 0. The van der Waals surface area contributed by atoms with E-state index in [9.17, 15) is 4.79 Å². The first-order valence-electron chi connectivity index (χ1n) is 9.37. The average Bonchev–Trinajstić information content (AvgIpc) is 3.06. The molecule has 0 radical (unpaired) electrons. The highest BCUT2D eigenvalue weighted by Gasteiger charge is 2.25. The molecular formula is C23H20BrN3O2. The lowest BCUT2D eigenvalue weighted by molar-refractivity contribution is 0.0526. The molecule has 0 N–H and O–H groups in total. The summed E-state index contributed by atoms with van der Waals surface area (Å²) in [5, 5.41) is 5.58. The minimum Gasteiger partial charge on any atom is -0.462 e. The van der Waals surface area contributed by atoms with Crippen molar-refractivity contribution < 1.29 is 9.53 Å². The first-order valence-corrected chi connectivity index (χ1v) is 10.2. The third kappa shape index (κ3) is 3.44. The Morgan fingerprint density at radius 2 is 1.69 bits per heavy atom. The number of halogens is 1. The van der Waals surface area contributed by atoms with E-state index in [2.05, 4.69) is 15.9 Å². The van der Waals surface area contributed by atoms with E-state index in [1.54, 1.807) is 11.6 Å². The molecule has 0 atom stereocenters. The molecule has 6 heteroatoms. The second-order valence-corrected chi connectivity index (χ2v) is 7.64. The molecule has 5 nitrogen and oxygen atoms in total. The minimum absolute atomic E-state index is 0.303. The highest BCUT2D eigenvalue weighted by Crippen LogP contribution is 2.35. The van der Waals surface area contributed by atoms with Crippen LogP contribution < -0.4 is 0 Å². The van der Waals surface area contributed by atoms with E-state index in [0.29, 0.717) is 17.9 Å². The van der Waals surface area contributed by atoms with Crippen molar-refractivity contribution in [2.75, 3.05) is 6.61 Å². The van der Waals surface area contributed by atoms with Crippen LogP contribution in [0.1, 0.15) is 22.8 Å². The van der Waals surface area contributed by atoms with Crippen molar-refractivity contribution in [3.63, 3.8) is 0 Å². The first kappa shape index (κ1) is 19.3. The number of aryl methyl sites for hydroxylation is 2. The highest BCUT2D eigenvalue weighted by atomic mass is 79.9. The summed E-state index contributed by atoms with van der Waals surface area (Å²) < 4.78 is 8.14. The minimum atomic E-state index is -0.371. The van der Waals surface area contributed by atoms with E-state index in [1.807, 2.05) is 68.6 Å². The molecule has 2 heterocycles. The van der Waals surface area contributed by atoms with Gasteiger partial charge in [-0.3, -0.25) is 0 Å². The maximum Gasteiger partial charge on any atom is 0.340 e. The van der Waals surface area contributed by atoms with E-state index >= 15 is 0 Å². The Bertz CT molecular complexity index is 1200. The molecule has 0 amide bonds. The van der Waals surface area contributed by atoms with Gasteiger partial charge in [-0.2, -0.15) is 5.10 Å². The molecule has 0 aliphatic carbocycles. The van der Waals surface area contributed by atoms with Crippen LogP contribution >= 0.6 is 15.9 Å². The molecule has 4 aromatic rings. The molecular weight excluding hydrogens is 430 g/mol. The van der Waals surface area contributed by atoms with Gasteiger partial charge in [-0.1, -0.05) is 58.4 Å². The molecule has 0 aliphatic heterocycles. The van der Waals surface area contributed by atoms with Gasteiger partial charge in [0, 0.05) is 22.6 Å². The van der Waals surface area contributed by atoms with E-state index < -0.39 is 0 Å². The number of carbonyl (C=O) groups excluding carboxylic acids is 1. The molecule has 0 aliphatic rings. The van der Waals surface area contributed by atoms with E-state index in [-0.39, 0.29) is 5.97 Å². The number of fused-ring (bicyclic) bond motifs is 1. The largest absolute Gasteiger partial charge is 0.462 e. The number of benzene rings is 2.